The molecule has 2 rings (SSSR count). The van der Waals surface area contributed by atoms with Crippen molar-refractivity contribution in [3.05, 3.63) is 0 Å². The number of nitrogens with one attached hydrogen (secondary N) is 1. The molecule has 0 aromatic heterocycles. The van der Waals surface area contributed by atoms with Crippen molar-refractivity contribution < 1.29 is 4.74 Å². The monoisotopic (exact) mass is 253 g/mol. The minimum Gasteiger partial charge on any atom is -0.381 e. The second kappa shape index (κ2) is 7.49. The van der Waals surface area contributed by atoms with E-state index in [1.54, 1.807) is 0 Å². The van der Waals surface area contributed by atoms with E-state index in [-0.39, 0.29) is 0 Å². The molecular weight excluding hydrogens is 222 g/mol. The van der Waals surface area contributed by atoms with Gasteiger partial charge in [0.05, 0.1) is 0 Å². The fourth-order valence-corrected chi connectivity index (χ4v) is 3.79. The highest BCUT2D eigenvalue weighted by Gasteiger charge is 2.34. The summed E-state index contributed by atoms with van der Waals surface area (Å²) < 4.78 is 5.59. The lowest BCUT2D eigenvalue weighted by atomic mass is 9.70. The lowest BCUT2D eigenvalue weighted by molar-refractivity contribution is -0.000718. The number of hydrogen-bond acceptors (Lipinski definition) is 2. The van der Waals surface area contributed by atoms with Crippen LogP contribution in [0, 0.1) is 11.3 Å². The minimum absolute atomic E-state index is 0.551. The largest absolute Gasteiger partial charge is 0.381 e. The summed E-state index contributed by atoms with van der Waals surface area (Å²) in [6.45, 7) is 6.62. The summed E-state index contributed by atoms with van der Waals surface area (Å²) in [4.78, 5) is 0. The molecule has 1 heterocycles. The summed E-state index contributed by atoms with van der Waals surface area (Å²) in [6.07, 6.45) is 12.6. The van der Waals surface area contributed by atoms with E-state index in [0.717, 1.165) is 19.1 Å². The zero-order chi connectivity index (χ0) is 12.7. The molecule has 2 fully saturated rings. The lowest BCUT2D eigenvalue weighted by Gasteiger charge is -2.41. The number of rotatable bonds is 6. The SMILES string of the molecule is CCCNCC1(CC2CCCCC2)CCOCC1. The highest BCUT2D eigenvalue weighted by Crippen LogP contribution is 2.40. The molecule has 2 heteroatoms. The van der Waals surface area contributed by atoms with Gasteiger partial charge in [-0.1, -0.05) is 39.0 Å². The van der Waals surface area contributed by atoms with Crippen LogP contribution in [0.15, 0.2) is 0 Å². The predicted molar refractivity (Wildman–Crippen MR) is 76.8 cm³/mol. The quantitative estimate of drug-likeness (QED) is 0.728. The van der Waals surface area contributed by atoms with E-state index < -0.39 is 0 Å². The second-order valence-electron chi connectivity index (χ2n) is 6.50. The van der Waals surface area contributed by atoms with Crippen molar-refractivity contribution in [3.63, 3.8) is 0 Å². The molecule has 0 aromatic carbocycles. The molecule has 0 unspecified atom stereocenters. The van der Waals surface area contributed by atoms with Gasteiger partial charge in [-0.15, -0.1) is 0 Å². The molecule has 1 N–H and O–H groups in total. The van der Waals surface area contributed by atoms with E-state index in [4.69, 9.17) is 4.74 Å². The molecule has 0 amide bonds. The van der Waals surface area contributed by atoms with Crippen molar-refractivity contribution >= 4 is 0 Å². The van der Waals surface area contributed by atoms with Crippen molar-refractivity contribution in [3.8, 4) is 0 Å². The standard InChI is InChI=1S/C16H31NO/c1-2-10-17-14-16(8-11-18-12-9-16)13-15-6-4-3-5-7-15/h15,17H,2-14H2,1H3. The number of hydrogen-bond donors (Lipinski definition) is 1. The van der Waals surface area contributed by atoms with Gasteiger partial charge in [-0.3, -0.25) is 0 Å². The summed E-state index contributed by atoms with van der Waals surface area (Å²) in [6, 6.07) is 0. The van der Waals surface area contributed by atoms with Gasteiger partial charge in [0.1, 0.15) is 0 Å². The van der Waals surface area contributed by atoms with E-state index in [0.29, 0.717) is 5.41 Å². The maximum absolute atomic E-state index is 5.59. The highest BCUT2D eigenvalue weighted by molar-refractivity contribution is 4.87. The van der Waals surface area contributed by atoms with Crippen molar-refractivity contribution in [2.45, 2.75) is 64.7 Å². The maximum atomic E-state index is 5.59. The Morgan fingerprint density at radius 1 is 1.11 bits per heavy atom. The van der Waals surface area contributed by atoms with Gasteiger partial charge in [0.2, 0.25) is 0 Å². The van der Waals surface area contributed by atoms with E-state index in [1.165, 1.54) is 70.9 Å². The highest BCUT2D eigenvalue weighted by atomic mass is 16.5. The first-order valence-corrected chi connectivity index (χ1v) is 8.13. The summed E-state index contributed by atoms with van der Waals surface area (Å²) >= 11 is 0. The topological polar surface area (TPSA) is 21.3 Å². The van der Waals surface area contributed by atoms with Gasteiger partial charge in [-0.2, -0.15) is 0 Å². The lowest BCUT2D eigenvalue weighted by Crippen LogP contribution is -2.41. The van der Waals surface area contributed by atoms with Crippen molar-refractivity contribution in [2.75, 3.05) is 26.3 Å². The molecule has 0 aromatic rings. The molecule has 0 spiro atoms. The summed E-state index contributed by atoms with van der Waals surface area (Å²) in [7, 11) is 0. The van der Waals surface area contributed by atoms with Crippen LogP contribution in [0.1, 0.15) is 64.7 Å². The third-order valence-corrected chi connectivity index (χ3v) is 4.93. The van der Waals surface area contributed by atoms with Crippen LogP contribution >= 0.6 is 0 Å². The van der Waals surface area contributed by atoms with Gasteiger partial charge >= 0.3 is 0 Å². The minimum atomic E-state index is 0.551. The van der Waals surface area contributed by atoms with Crippen LogP contribution in [-0.4, -0.2) is 26.3 Å². The average Bonchev–Trinajstić information content (AvgIpc) is 2.41. The Labute approximate surface area is 113 Å². The van der Waals surface area contributed by atoms with Crippen LogP contribution in [-0.2, 0) is 4.74 Å². The molecule has 0 atom stereocenters. The molecule has 1 saturated carbocycles. The smallest absolute Gasteiger partial charge is 0.0471 e. The Morgan fingerprint density at radius 3 is 2.50 bits per heavy atom. The third kappa shape index (κ3) is 4.24. The van der Waals surface area contributed by atoms with E-state index in [9.17, 15) is 0 Å². The molecule has 1 saturated heterocycles. The molecule has 1 aliphatic heterocycles. The van der Waals surface area contributed by atoms with Gasteiger partial charge in [0.25, 0.3) is 0 Å². The number of ether oxygens (including phenoxy) is 1. The predicted octanol–water partition coefficient (Wildman–Crippen LogP) is 3.75. The molecule has 0 bridgehead atoms. The Balaban J connectivity index is 1.85. The Hall–Kier alpha value is -0.0800. The van der Waals surface area contributed by atoms with Crippen molar-refractivity contribution in [2.24, 2.45) is 11.3 Å². The van der Waals surface area contributed by atoms with Crippen LogP contribution in [0.3, 0.4) is 0 Å². The average molecular weight is 253 g/mol. The fraction of sp³-hybridized carbons (Fsp3) is 1.00. The zero-order valence-electron chi connectivity index (χ0n) is 12.2. The first-order chi connectivity index (χ1) is 8.85. The van der Waals surface area contributed by atoms with Crippen LogP contribution in [0.5, 0.6) is 0 Å². The molecule has 1 aliphatic carbocycles. The molecule has 2 nitrogen and oxygen atoms in total. The first kappa shape index (κ1) is 14.3. The van der Waals surface area contributed by atoms with Crippen LogP contribution in [0.25, 0.3) is 0 Å². The summed E-state index contributed by atoms with van der Waals surface area (Å²) in [5.41, 5.74) is 0.551. The molecule has 2 aliphatic rings. The first-order valence-electron chi connectivity index (χ1n) is 8.13. The van der Waals surface area contributed by atoms with Gasteiger partial charge in [0, 0.05) is 19.8 Å². The van der Waals surface area contributed by atoms with E-state index >= 15 is 0 Å². The van der Waals surface area contributed by atoms with Gasteiger partial charge in [0.15, 0.2) is 0 Å². The molecule has 106 valence electrons. The molecule has 0 radical (unpaired) electrons. The van der Waals surface area contributed by atoms with Gasteiger partial charge in [-0.05, 0) is 43.6 Å². The second-order valence-corrected chi connectivity index (χ2v) is 6.50. The van der Waals surface area contributed by atoms with Gasteiger partial charge in [-0.25, -0.2) is 0 Å². The summed E-state index contributed by atoms with van der Waals surface area (Å²) in [5, 5.41) is 3.68. The fourth-order valence-electron chi connectivity index (χ4n) is 3.79. The van der Waals surface area contributed by atoms with Gasteiger partial charge < -0.3 is 10.1 Å². The van der Waals surface area contributed by atoms with E-state index in [2.05, 4.69) is 12.2 Å². The van der Waals surface area contributed by atoms with Crippen molar-refractivity contribution in [1.82, 2.24) is 5.32 Å². The van der Waals surface area contributed by atoms with Crippen LogP contribution in [0.2, 0.25) is 0 Å². The van der Waals surface area contributed by atoms with Crippen LogP contribution in [0.4, 0.5) is 0 Å². The summed E-state index contributed by atoms with van der Waals surface area (Å²) in [5.74, 6) is 1.00. The third-order valence-electron chi connectivity index (χ3n) is 4.93. The Bertz CT molecular complexity index is 217. The normalized spacial score (nSPS) is 25.2. The molecular formula is C16H31NO. The Morgan fingerprint density at radius 2 is 1.83 bits per heavy atom. The maximum Gasteiger partial charge on any atom is 0.0471 e. The zero-order valence-corrected chi connectivity index (χ0v) is 12.2. The van der Waals surface area contributed by atoms with Crippen LogP contribution < -0.4 is 5.32 Å². The van der Waals surface area contributed by atoms with Crippen molar-refractivity contribution in [1.29, 1.82) is 0 Å². The Kier molecular flexibility index (Phi) is 5.97. The molecule has 18 heavy (non-hydrogen) atoms. The van der Waals surface area contributed by atoms with E-state index in [1.807, 2.05) is 0 Å².